The van der Waals surface area contributed by atoms with Crippen molar-refractivity contribution < 1.29 is 14.0 Å². The number of hydrogen-bond donors (Lipinski definition) is 2. The standard InChI is InChI=1S/C14H19FN2O2/c1-2-3-7-13(18)16-8-9-17-14(19)11-5-4-6-12(15)10-11/h4-6,10H,2-3,7-9H2,1H3,(H,16,18)(H,17,19). The molecule has 0 heterocycles. The van der Waals surface area contributed by atoms with Crippen LogP contribution in [0.2, 0.25) is 0 Å². The molecule has 0 radical (unpaired) electrons. The van der Waals surface area contributed by atoms with Crippen LogP contribution in [0.3, 0.4) is 0 Å². The fraction of sp³-hybridized carbons (Fsp3) is 0.429. The molecule has 0 aliphatic carbocycles. The van der Waals surface area contributed by atoms with Crippen LogP contribution in [0, 0.1) is 5.82 Å². The van der Waals surface area contributed by atoms with Crippen molar-refractivity contribution in [1.82, 2.24) is 10.6 Å². The summed E-state index contributed by atoms with van der Waals surface area (Å²) in [6.45, 7) is 2.73. The Morgan fingerprint density at radius 2 is 1.95 bits per heavy atom. The van der Waals surface area contributed by atoms with Gasteiger partial charge in [-0.15, -0.1) is 0 Å². The van der Waals surface area contributed by atoms with Crippen molar-refractivity contribution in [3.8, 4) is 0 Å². The van der Waals surface area contributed by atoms with Crippen LogP contribution < -0.4 is 10.6 Å². The number of halogens is 1. The highest BCUT2D eigenvalue weighted by Crippen LogP contribution is 2.02. The third-order valence-electron chi connectivity index (χ3n) is 2.58. The number of benzene rings is 1. The third-order valence-corrected chi connectivity index (χ3v) is 2.58. The van der Waals surface area contributed by atoms with E-state index in [0.717, 1.165) is 12.8 Å². The van der Waals surface area contributed by atoms with E-state index in [-0.39, 0.29) is 17.4 Å². The number of hydrogen-bond acceptors (Lipinski definition) is 2. The Morgan fingerprint density at radius 1 is 1.21 bits per heavy atom. The van der Waals surface area contributed by atoms with E-state index in [1.165, 1.54) is 24.3 Å². The van der Waals surface area contributed by atoms with E-state index in [1.54, 1.807) is 0 Å². The summed E-state index contributed by atoms with van der Waals surface area (Å²) in [6.07, 6.45) is 2.35. The van der Waals surface area contributed by atoms with Crippen molar-refractivity contribution in [2.75, 3.05) is 13.1 Å². The van der Waals surface area contributed by atoms with E-state index >= 15 is 0 Å². The normalized spacial score (nSPS) is 10.0. The Hall–Kier alpha value is -1.91. The van der Waals surface area contributed by atoms with Crippen LogP contribution in [0.4, 0.5) is 4.39 Å². The molecule has 0 spiro atoms. The van der Waals surface area contributed by atoms with Gasteiger partial charge < -0.3 is 10.6 Å². The predicted molar refractivity (Wildman–Crippen MR) is 71.3 cm³/mol. The molecule has 0 saturated heterocycles. The van der Waals surface area contributed by atoms with Crippen LogP contribution in [0.25, 0.3) is 0 Å². The van der Waals surface area contributed by atoms with Crippen molar-refractivity contribution in [3.63, 3.8) is 0 Å². The van der Waals surface area contributed by atoms with Gasteiger partial charge in [0.25, 0.3) is 5.91 Å². The lowest BCUT2D eigenvalue weighted by Crippen LogP contribution is -2.34. The first-order valence-electron chi connectivity index (χ1n) is 6.44. The smallest absolute Gasteiger partial charge is 0.251 e. The summed E-state index contributed by atoms with van der Waals surface area (Å²) >= 11 is 0. The van der Waals surface area contributed by atoms with E-state index in [9.17, 15) is 14.0 Å². The molecular formula is C14H19FN2O2. The second-order valence-electron chi connectivity index (χ2n) is 4.22. The minimum absolute atomic E-state index is 0.0122. The molecule has 0 atom stereocenters. The lowest BCUT2D eigenvalue weighted by Gasteiger charge is -2.07. The zero-order valence-electron chi connectivity index (χ0n) is 11.0. The number of carbonyl (C=O) groups excluding carboxylic acids is 2. The second kappa shape index (κ2) is 8.24. The highest BCUT2D eigenvalue weighted by molar-refractivity contribution is 5.94. The molecule has 19 heavy (non-hydrogen) atoms. The Morgan fingerprint density at radius 3 is 2.63 bits per heavy atom. The van der Waals surface area contributed by atoms with Crippen molar-refractivity contribution in [2.24, 2.45) is 0 Å². The molecule has 2 amide bonds. The van der Waals surface area contributed by atoms with Gasteiger partial charge in [-0.05, 0) is 24.6 Å². The number of amides is 2. The lowest BCUT2D eigenvalue weighted by atomic mass is 10.2. The molecule has 2 N–H and O–H groups in total. The van der Waals surface area contributed by atoms with E-state index in [0.29, 0.717) is 19.5 Å². The maximum atomic E-state index is 12.9. The first-order valence-corrected chi connectivity index (χ1v) is 6.44. The minimum Gasteiger partial charge on any atom is -0.354 e. The Kier molecular flexibility index (Phi) is 6.57. The average Bonchev–Trinajstić information content (AvgIpc) is 2.41. The number of carbonyl (C=O) groups is 2. The Labute approximate surface area is 112 Å². The first kappa shape index (κ1) is 15.1. The van der Waals surface area contributed by atoms with Crippen LogP contribution in [0.15, 0.2) is 24.3 Å². The van der Waals surface area contributed by atoms with E-state index < -0.39 is 5.82 Å². The fourth-order valence-corrected chi connectivity index (χ4v) is 1.54. The van der Waals surface area contributed by atoms with Crippen LogP contribution in [0.5, 0.6) is 0 Å². The monoisotopic (exact) mass is 266 g/mol. The van der Waals surface area contributed by atoms with Gasteiger partial charge >= 0.3 is 0 Å². The third kappa shape index (κ3) is 5.99. The highest BCUT2D eigenvalue weighted by Gasteiger charge is 2.05. The van der Waals surface area contributed by atoms with E-state index in [1.807, 2.05) is 6.92 Å². The van der Waals surface area contributed by atoms with Gasteiger partial charge in [-0.3, -0.25) is 9.59 Å². The van der Waals surface area contributed by atoms with Gasteiger partial charge in [0.05, 0.1) is 0 Å². The summed E-state index contributed by atoms with van der Waals surface area (Å²) in [5.41, 5.74) is 0.275. The summed E-state index contributed by atoms with van der Waals surface area (Å²) in [5.74, 6) is -0.801. The average molecular weight is 266 g/mol. The summed E-state index contributed by atoms with van der Waals surface area (Å²) in [7, 11) is 0. The van der Waals surface area contributed by atoms with Gasteiger partial charge in [0.15, 0.2) is 0 Å². The van der Waals surface area contributed by atoms with Crippen molar-refractivity contribution >= 4 is 11.8 Å². The molecule has 1 rings (SSSR count). The van der Waals surface area contributed by atoms with Gasteiger partial charge in [0.1, 0.15) is 5.82 Å². The molecular weight excluding hydrogens is 247 g/mol. The number of unbranched alkanes of at least 4 members (excludes halogenated alkanes) is 1. The largest absolute Gasteiger partial charge is 0.354 e. The molecule has 0 fully saturated rings. The summed E-state index contributed by atoms with van der Waals surface area (Å²) in [5, 5.41) is 5.33. The van der Waals surface area contributed by atoms with Gasteiger partial charge in [0, 0.05) is 25.1 Å². The van der Waals surface area contributed by atoms with Crippen LogP contribution in [-0.2, 0) is 4.79 Å². The van der Waals surface area contributed by atoms with E-state index in [4.69, 9.17) is 0 Å². The predicted octanol–water partition coefficient (Wildman–Crippen LogP) is 1.86. The molecule has 104 valence electrons. The van der Waals surface area contributed by atoms with Crippen LogP contribution in [-0.4, -0.2) is 24.9 Å². The quantitative estimate of drug-likeness (QED) is 0.740. The highest BCUT2D eigenvalue weighted by atomic mass is 19.1. The van der Waals surface area contributed by atoms with Crippen molar-refractivity contribution in [1.29, 1.82) is 0 Å². The maximum Gasteiger partial charge on any atom is 0.251 e. The van der Waals surface area contributed by atoms with Crippen molar-refractivity contribution in [2.45, 2.75) is 26.2 Å². The molecule has 1 aromatic carbocycles. The zero-order chi connectivity index (χ0) is 14.1. The zero-order valence-corrected chi connectivity index (χ0v) is 11.0. The number of rotatable bonds is 7. The lowest BCUT2D eigenvalue weighted by molar-refractivity contribution is -0.121. The molecule has 0 aliphatic rings. The molecule has 0 aliphatic heterocycles. The molecule has 4 nitrogen and oxygen atoms in total. The fourth-order valence-electron chi connectivity index (χ4n) is 1.54. The molecule has 0 aromatic heterocycles. The molecule has 0 saturated carbocycles. The van der Waals surface area contributed by atoms with Crippen LogP contribution >= 0.6 is 0 Å². The van der Waals surface area contributed by atoms with Gasteiger partial charge in [-0.2, -0.15) is 0 Å². The SMILES string of the molecule is CCCCC(=O)NCCNC(=O)c1cccc(F)c1. The second-order valence-corrected chi connectivity index (χ2v) is 4.22. The van der Waals surface area contributed by atoms with Gasteiger partial charge in [0.2, 0.25) is 5.91 Å². The summed E-state index contributed by atoms with van der Waals surface area (Å²) in [4.78, 5) is 22.9. The summed E-state index contributed by atoms with van der Waals surface area (Å²) < 4.78 is 12.9. The Balaban J connectivity index is 2.22. The molecule has 5 heteroatoms. The number of nitrogens with one attached hydrogen (secondary N) is 2. The summed E-state index contributed by atoms with van der Waals surface area (Å²) in [6, 6.07) is 5.48. The minimum atomic E-state index is -0.444. The maximum absolute atomic E-state index is 12.9. The molecule has 0 bridgehead atoms. The topological polar surface area (TPSA) is 58.2 Å². The van der Waals surface area contributed by atoms with Crippen molar-refractivity contribution in [3.05, 3.63) is 35.6 Å². The first-order chi connectivity index (χ1) is 9.13. The van der Waals surface area contributed by atoms with Gasteiger partial charge in [-0.25, -0.2) is 4.39 Å². The molecule has 1 aromatic rings. The van der Waals surface area contributed by atoms with E-state index in [2.05, 4.69) is 10.6 Å². The Bertz CT molecular complexity index is 435. The van der Waals surface area contributed by atoms with Crippen LogP contribution in [0.1, 0.15) is 36.5 Å². The van der Waals surface area contributed by atoms with Gasteiger partial charge in [-0.1, -0.05) is 19.4 Å². The molecule has 0 unspecified atom stereocenters.